The smallest absolute Gasteiger partial charge is 0.251 e. The molecule has 2 aliphatic heterocycles. The lowest BCUT2D eigenvalue weighted by molar-refractivity contribution is -0.117. The van der Waals surface area contributed by atoms with Crippen LogP contribution in [0.1, 0.15) is 39.2 Å². The van der Waals surface area contributed by atoms with Crippen LogP contribution in [0.3, 0.4) is 0 Å². The minimum Gasteiger partial charge on any atom is -0.506 e. The fourth-order valence-electron chi connectivity index (χ4n) is 3.03. The molecule has 0 aromatic heterocycles. The van der Waals surface area contributed by atoms with Gasteiger partial charge in [-0.05, 0) is 36.0 Å². The number of halogens is 1. The van der Waals surface area contributed by atoms with Crippen LogP contribution >= 0.6 is 12.1 Å². The van der Waals surface area contributed by atoms with Gasteiger partial charge in [-0.15, -0.1) is 0 Å². The van der Waals surface area contributed by atoms with E-state index < -0.39 is 5.82 Å². The van der Waals surface area contributed by atoms with E-state index in [4.69, 9.17) is 0 Å². The number of hydrogen-bond donors (Lipinski definition) is 3. The number of aromatic hydroxyl groups is 1. The van der Waals surface area contributed by atoms with Crippen molar-refractivity contribution >= 4 is 29.3 Å². The number of nitrogens with zero attached hydrogens (tertiary/aromatic N) is 1. The minimum absolute atomic E-state index is 0.0180. The van der Waals surface area contributed by atoms with Crippen LogP contribution in [-0.2, 0) is 4.79 Å². The quantitative estimate of drug-likeness (QED) is 0.715. The number of benzene rings is 1. The number of anilines is 1. The van der Waals surface area contributed by atoms with Gasteiger partial charge in [0.15, 0.2) is 5.82 Å². The van der Waals surface area contributed by atoms with E-state index in [-0.39, 0.29) is 35.3 Å². The molecule has 1 aromatic carbocycles. The van der Waals surface area contributed by atoms with Crippen LogP contribution in [0.4, 0.5) is 10.1 Å². The summed E-state index contributed by atoms with van der Waals surface area (Å²) in [7, 11) is 0. The van der Waals surface area contributed by atoms with Crippen LogP contribution in [0.25, 0.3) is 5.57 Å². The summed E-state index contributed by atoms with van der Waals surface area (Å²) < 4.78 is 19.0. The molecule has 3 N–H and O–H groups in total. The molecule has 0 radical (unpaired) electrons. The average molecular weight is 365 g/mol. The van der Waals surface area contributed by atoms with Crippen molar-refractivity contribution in [1.29, 1.82) is 0 Å². The molecule has 1 aromatic rings. The molecule has 3 rings (SSSR count). The molecule has 1 atom stereocenters. The van der Waals surface area contributed by atoms with E-state index in [1.165, 1.54) is 10.4 Å². The van der Waals surface area contributed by atoms with Crippen molar-refractivity contribution in [3.63, 3.8) is 0 Å². The third-order valence-electron chi connectivity index (χ3n) is 4.41. The fourth-order valence-corrected chi connectivity index (χ4v) is 3.75. The normalized spacial score (nSPS) is 20.8. The van der Waals surface area contributed by atoms with E-state index >= 15 is 4.39 Å². The molecule has 7 heteroatoms. The number of rotatable bonds is 4. The zero-order valence-electron chi connectivity index (χ0n) is 14.7. The third kappa shape index (κ3) is 4.10. The highest BCUT2D eigenvalue weighted by atomic mass is 32.2. The van der Waals surface area contributed by atoms with E-state index in [0.717, 1.165) is 30.5 Å². The highest BCUT2D eigenvalue weighted by Gasteiger charge is 2.29. The molecule has 0 bridgehead atoms. The first-order chi connectivity index (χ1) is 11.7. The first kappa shape index (κ1) is 18.1. The van der Waals surface area contributed by atoms with Crippen molar-refractivity contribution in [3.8, 4) is 5.75 Å². The minimum atomic E-state index is -0.492. The molecule has 136 valence electrons. The second kappa shape index (κ2) is 6.88. The van der Waals surface area contributed by atoms with Gasteiger partial charge in [-0.25, -0.2) is 4.39 Å². The highest BCUT2D eigenvalue weighted by molar-refractivity contribution is 7.99. The van der Waals surface area contributed by atoms with E-state index in [0.29, 0.717) is 12.1 Å². The van der Waals surface area contributed by atoms with Crippen molar-refractivity contribution in [2.45, 2.75) is 39.7 Å². The largest absolute Gasteiger partial charge is 0.506 e. The Bertz CT molecular complexity index is 715. The second-order valence-electron chi connectivity index (χ2n) is 7.73. The van der Waals surface area contributed by atoms with Gasteiger partial charge in [0.1, 0.15) is 18.0 Å². The Morgan fingerprint density at radius 1 is 1.40 bits per heavy atom. The Hall–Kier alpha value is -1.73. The summed E-state index contributed by atoms with van der Waals surface area (Å²) in [6, 6.07) is 3.32. The molecule has 0 spiro atoms. The SMILES string of the molecule is CC(C)(C)CCC1C=C(c2ccc(O)c(N3CC(=O)NS3)c2F)CN1. The maximum atomic E-state index is 15.0. The summed E-state index contributed by atoms with van der Waals surface area (Å²) in [5.41, 5.74) is 1.68. The molecule has 2 heterocycles. The van der Waals surface area contributed by atoms with Crippen molar-refractivity contribution in [3.05, 3.63) is 29.6 Å². The van der Waals surface area contributed by atoms with Gasteiger partial charge in [0.2, 0.25) is 0 Å². The second-order valence-corrected chi connectivity index (χ2v) is 8.55. The fraction of sp³-hybridized carbons (Fsp3) is 0.500. The van der Waals surface area contributed by atoms with E-state index in [2.05, 4.69) is 36.9 Å². The summed E-state index contributed by atoms with van der Waals surface area (Å²) >= 11 is 0.993. The Balaban J connectivity index is 1.82. The molecule has 1 amide bonds. The number of carbonyl (C=O) groups is 1. The zero-order chi connectivity index (χ0) is 18.2. The van der Waals surface area contributed by atoms with Gasteiger partial charge in [-0.3, -0.25) is 13.8 Å². The molecule has 0 aliphatic carbocycles. The Labute approximate surface area is 151 Å². The third-order valence-corrected chi connectivity index (χ3v) is 5.26. The van der Waals surface area contributed by atoms with Crippen molar-refractivity contribution in [2.75, 3.05) is 17.4 Å². The first-order valence-corrected chi connectivity index (χ1v) is 9.21. The van der Waals surface area contributed by atoms with Crippen LogP contribution in [0.15, 0.2) is 18.2 Å². The van der Waals surface area contributed by atoms with Gasteiger partial charge in [-0.1, -0.05) is 26.8 Å². The number of phenolic OH excluding ortho intramolecular Hbond substituents is 1. The first-order valence-electron chi connectivity index (χ1n) is 8.44. The summed E-state index contributed by atoms with van der Waals surface area (Å²) in [5, 5.41) is 13.5. The molecule has 0 saturated carbocycles. The molecular weight excluding hydrogens is 341 g/mol. The van der Waals surface area contributed by atoms with Gasteiger partial charge in [0.05, 0.1) is 12.1 Å². The lowest BCUT2D eigenvalue weighted by Gasteiger charge is -2.19. The van der Waals surface area contributed by atoms with Crippen LogP contribution in [0.2, 0.25) is 0 Å². The number of carbonyl (C=O) groups excluding carboxylic acids is 1. The van der Waals surface area contributed by atoms with Crippen molar-refractivity contribution < 1.29 is 14.3 Å². The molecule has 2 aliphatic rings. The molecule has 1 fully saturated rings. The number of nitrogens with one attached hydrogen (secondary N) is 2. The summed E-state index contributed by atoms with van der Waals surface area (Å²) in [4.78, 5) is 11.4. The predicted octanol–water partition coefficient (Wildman–Crippen LogP) is 3.21. The maximum Gasteiger partial charge on any atom is 0.251 e. The van der Waals surface area contributed by atoms with Gasteiger partial charge < -0.3 is 10.4 Å². The standard InChI is InChI=1S/C18H24FN3O2S/c1-18(2,3)7-6-12-8-11(9-20-12)13-4-5-14(23)17(16(13)19)22-10-15(24)21-25-22/h4-5,8,12,20,23H,6-7,9-10H2,1-3H3,(H,21,24). The van der Waals surface area contributed by atoms with E-state index in [1.54, 1.807) is 6.07 Å². The molecular formula is C18H24FN3O2S. The molecule has 1 unspecified atom stereocenters. The Morgan fingerprint density at radius 2 is 2.16 bits per heavy atom. The Kier molecular flexibility index (Phi) is 4.97. The number of phenols is 1. The lowest BCUT2D eigenvalue weighted by atomic mass is 9.89. The van der Waals surface area contributed by atoms with Gasteiger partial charge in [-0.2, -0.15) is 0 Å². The van der Waals surface area contributed by atoms with E-state index in [9.17, 15) is 9.90 Å². The van der Waals surface area contributed by atoms with Crippen LogP contribution < -0.4 is 14.3 Å². The van der Waals surface area contributed by atoms with Gasteiger partial charge in [0, 0.05) is 18.2 Å². The topological polar surface area (TPSA) is 64.6 Å². The summed E-state index contributed by atoms with van der Waals surface area (Å²) in [6.45, 7) is 7.25. The predicted molar refractivity (Wildman–Crippen MR) is 99.6 cm³/mol. The maximum absolute atomic E-state index is 15.0. The summed E-state index contributed by atoms with van der Waals surface area (Å²) in [5.74, 6) is -0.868. The van der Waals surface area contributed by atoms with Crippen molar-refractivity contribution in [1.82, 2.24) is 10.0 Å². The molecule has 1 saturated heterocycles. The number of amides is 1. The van der Waals surface area contributed by atoms with Crippen LogP contribution in [0.5, 0.6) is 5.75 Å². The van der Waals surface area contributed by atoms with Crippen LogP contribution in [0, 0.1) is 11.2 Å². The molecule has 25 heavy (non-hydrogen) atoms. The Morgan fingerprint density at radius 3 is 2.80 bits per heavy atom. The monoisotopic (exact) mass is 365 g/mol. The van der Waals surface area contributed by atoms with Crippen LogP contribution in [-0.4, -0.2) is 30.1 Å². The molecule has 5 nitrogen and oxygen atoms in total. The van der Waals surface area contributed by atoms with Crippen molar-refractivity contribution in [2.24, 2.45) is 5.41 Å². The van der Waals surface area contributed by atoms with E-state index in [1.807, 2.05) is 0 Å². The highest BCUT2D eigenvalue weighted by Crippen LogP contribution is 2.39. The van der Waals surface area contributed by atoms with Gasteiger partial charge in [0.25, 0.3) is 5.91 Å². The average Bonchev–Trinajstić information content (AvgIpc) is 3.14. The lowest BCUT2D eigenvalue weighted by Crippen LogP contribution is -2.24. The summed E-state index contributed by atoms with van der Waals surface area (Å²) in [6.07, 6.45) is 4.15. The van der Waals surface area contributed by atoms with Gasteiger partial charge >= 0.3 is 0 Å². The zero-order valence-corrected chi connectivity index (χ0v) is 15.5. The number of hydrogen-bond acceptors (Lipinski definition) is 5.